The van der Waals surface area contributed by atoms with Gasteiger partial charge in [0.2, 0.25) is 5.78 Å². The number of allylic oxidation sites excluding steroid dienone is 1. The third kappa shape index (κ3) is 3.09. The van der Waals surface area contributed by atoms with Gasteiger partial charge in [-0.15, -0.1) is 11.3 Å². The number of benzene rings is 3. The Hall–Kier alpha value is -3.76. The van der Waals surface area contributed by atoms with Crippen LogP contribution in [0.4, 0.5) is 11.4 Å². The van der Waals surface area contributed by atoms with Crippen molar-refractivity contribution in [3.63, 3.8) is 0 Å². The minimum Gasteiger partial charge on any atom is -0.338 e. The Labute approximate surface area is 232 Å². The summed E-state index contributed by atoms with van der Waals surface area (Å²) in [5.41, 5.74) is 11.1. The fourth-order valence-corrected chi connectivity index (χ4v) is 8.63. The molecule has 2 atom stereocenters. The number of fused-ring (bicyclic) bond motifs is 7. The van der Waals surface area contributed by atoms with Gasteiger partial charge in [-0.05, 0) is 89.6 Å². The summed E-state index contributed by atoms with van der Waals surface area (Å²) >= 11 is 1.42. The normalized spacial score (nSPS) is 22.7. The lowest BCUT2D eigenvalue weighted by atomic mass is 9.82. The van der Waals surface area contributed by atoms with Gasteiger partial charge in [-0.1, -0.05) is 56.7 Å². The average molecular weight is 528 g/mol. The van der Waals surface area contributed by atoms with Crippen molar-refractivity contribution in [1.82, 2.24) is 0 Å². The zero-order chi connectivity index (χ0) is 26.6. The second-order valence-corrected chi connectivity index (χ2v) is 13.3. The molecule has 0 N–H and O–H groups in total. The summed E-state index contributed by atoms with van der Waals surface area (Å²) in [6, 6.07) is 24.6. The van der Waals surface area contributed by atoms with Gasteiger partial charge >= 0.3 is 0 Å². The molecule has 192 valence electrons. The zero-order valence-electron chi connectivity index (χ0n) is 22.4. The molecule has 4 heteroatoms. The molecule has 0 radical (unpaired) electrons. The van der Waals surface area contributed by atoms with E-state index in [0.29, 0.717) is 28.0 Å². The lowest BCUT2D eigenvalue weighted by Gasteiger charge is -2.29. The second kappa shape index (κ2) is 7.89. The molecule has 1 saturated carbocycles. The van der Waals surface area contributed by atoms with Gasteiger partial charge in [0.15, 0.2) is 5.78 Å². The Morgan fingerprint density at radius 3 is 2.54 bits per heavy atom. The van der Waals surface area contributed by atoms with E-state index in [-0.39, 0.29) is 17.0 Å². The SMILES string of the molecule is Cc1cc2c(s1)C(=O)/C(=C/c1ccc3c(c1)C1CCCC1N3c1ccc3c(c1)C(C)(C)c1ccccc1-3)C2=O. The zero-order valence-corrected chi connectivity index (χ0v) is 23.2. The summed E-state index contributed by atoms with van der Waals surface area (Å²) in [7, 11) is 0. The molecular formula is C35H29NO2S. The minimum absolute atomic E-state index is 0.0314. The first kappa shape index (κ1) is 23.2. The molecule has 0 spiro atoms. The van der Waals surface area contributed by atoms with E-state index in [1.807, 2.05) is 19.1 Å². The van der Waals surface area contributed by atoms with Crippen molar-refractivity contribution in [2.45, 2.75) is 57.4 Å². The van der Waals surface area contributed by atoms with Crippen LogP contribution >= 0.6 is 11.3 Å². The van der Waals surface area contributed by atoms with Crippen LogP contribution in [-0.2, 0) is 5.41 Å². The molecule has 3 aromatic carbocycles. The van der Waals surface area contributed by atoms with Crippen LogP contribution in [0.5, 0.6) is 0 Å². The first-order chi connectivity index (χ1) is 18.8. The highest BCUT2D eigenvalue weighted by Crippen LogP contribution is 2.55. The smallest absolute Gasteiger partial charge is 0.207 e. The largest absolute Gasteiger partial charge is 0.338 e. The molecular weight excluding hydrogens is 498 g/mol. The summed E-state index contributed by atoms with van der Waals surface area (Å²) in [6.07, 6.45) is 5.38. The van der Waals surface area contributed by atoms with Gasteiger partial charge in [0.25, 0.3) is 0 Å². The number of hydrogen-bond acceptors (Lipinski definition) is 4. The fraction of sp³-hybridized carbons (Fsp3) is 0.257. The number of thiophene rings is 1. The van der Waals surface area contributed by atoms with Crippen molar-refractivity contribution in [1.29, 1.82) is 0 Å². The van der Waals surface area contributed by atoms with Crippen molar-refractivity contribution in [3.05, 3.63) is 110 Å². The van der Waals surface area contributed by atoms with Crippen LogP contribution in [0.2, 0.25) is 0 Å². The molecule has 39 heavy (non-hydrogen) atoms. The number of aryl methyl sites for hydroxylation is 1. The molecule has 1 aliphatic heterocycles. The second-order valence-electron chi connectivity index (χ2n) is 12.0. The first-order valence-electron chi connectivity index (χ1n) is 13.9. The summed E-state index contributed by atoms with van der Waals surface area (Å²) in [4.78, 5) is 30.2. The quantitative estimate of drug-likeness (QED) is 0.193. The van der Waals surface area contributed by atoms with E-state index in [1.54, 1.807) is 0 Å². The van der Waals surface area contributed by atoms with Gasteiger partial charge in [-0.25, -0.2) is 0 Å². The number of rotatable bonds is 2. The molecule has 4 aromatic rings. The van der Waals surface area contributed by atoms with Crippen molar-refractivity contribution in [2.24, 2.45) is 0 Å². The van der Waals surface area contributed by atoms with E-state index in [0.717, 1.165) is 10.4 Å². The van der Waals surface area contributed by atoms with Gasteiger partial charge in [0.05, 0.1) is 10.5 Å². The molecule has 3 aliphatic carbocycles. The summed E-state index contributed by atoms with van der Waals surface area (Å²) in [5.74, 6) is 0.203. The van der Waals surface area contributed by atoms with Crippen LogP contribution in [0.15, 0.2) is 72.3 Å². The van der Waals surface area contributed by atoms with E-state index in [1.165, 1.54) is 69.8 Å². The van der Waals surface area contributed by atoms with Crippen molar-refractivity contribution in [3.8, 4) is 11.1 Å². The number of ketones is 2. The predicted molar refractivity (Wildman–Crippen MR) is 159 cm³/mol. The maximum Gasteiger partial charge on any atom is 0.207 e. The van der Waals surface area contributed by atoms with E-state index < -0.39 is 0 Å². The highest BCUT2D eigenvalue weighted by molar-refractivity contribution is 7.15. The van der Waals surface area contributed by atoms with Crippen LogP contribution in [0.3, 0.4) is 0 Å². The summed E-state index contributed by atoms with van der Waals surface area (Å²) < 4.78 is 0. The molecule has 3 nitrogen and oxygen atoms in total. The monoisotopic (exact) mass is 527 g/mol. The Balaban J connectivity index is 1.20. The number of hydrogen-bond donors (Lipinski definition) is 0. The Morgan fingerprint density at radius 2 is 1.69 bits per heavy atom. The lowest BCUT2D eigenvalue weighted by Crippen LogP contribution is -2.27. The number of carbonyl (C=O) groups excluding carboxylic acids is 2. The Morgan fingerprint density at radius 1 is 0.872 bits per heavy atom. The number of nitrogens with zero attached hydrogens (tertiary/aromatic N) is 1. The topological polar surface area (TPSA) is 37.4 Å². The molecule has 0 bridgehead atoms. The maximum atomic E-state index is 13.0. The van der Waals surface area contributed by atoms with Gasteiger partial charge in [-0.2, -0.15) is 0 Å². The third-order valence-corrected chi connectivity index (χ3v) is 10.5. The predicted octanol–water partition coefficient (Wildman–Crippen LogP) is 8.61. The highest BCUT2D eigenvalue weighted by atomic mass is 32.1. The maximum absolute atomic E-state index is 13.0. The van der Waals surface area contributed by atoms with E-state index >= 15 is 0 Å². The van der Waals surface area contributed by atoms with Gasteiger partial charge in [0.1, 0.15) is 0 Å². The highest BCUT2D eigenvalue weighted by Gasteiger charge is 2.43. The van der Waals surface area contributed by atoms with E-state index in [4.69, 9.17) is 0 Å². The number of anilines is 2. The third-order valence-electron chi connectivity index (χ3n) is 9.47. The van der Waals surface area contributed by atoms with Gasteiger partial charge < -0.3 is 4.90 Å². The molecule has 8 rings (SSSR count). The molecule has 0 saturated heterocycles. The van der Waals surface area contributed by atoms with Crippen molar-refractivity contribution in [2.75, 3.05) is 4.90 Å². The molecule has 4 aliphatic rings. The number of carbonyl (C=O) groups is 2. The number of Topliss-reactive ketones (excluding diaryl/α,β-unsaturated/α-hetero) is 2. The van der Waals surface area contributed by atoms with Crippen LogP contribution in [-0.4, -0.2) is 17.6 Å². The Bertz CT molecular complexity index is 1750. The fourth-order valence-electron chi connectivity index (χ4n) is 7.66. The van der Waals surface area contributed by atoms with Crippen LogP contribution < -0.4 is 4.90 Å². The standard InChI is InChI=1S/C35H29NO2S/c1-19-15-27-32(37)26(33(38)34(27)39-19)17-20-11-14-31-25(16-20)24-8-6-10-30(24)36(31)21-12-13-23-22-7-4-5-9-28(22)35(2,3)29(23)18-21/h4-5,7,9,11-18,24,30H,6,8,10H2,1-3H3/b26-17+. The molecule has 2 heterocycles. The molecule has 1 fully saturated rings. The van der Waals surface area contributed by atoms with Crippen LogP contribution in [0, 0.1) is 6.92 Å². The Kier molecular flexibility index (Phi) is 4.69. The van der Waals surface area contributed by atoms with E-state index in [9.17, 15) is 9.59 Å². The average Bonchev–Trinajstić information content (AvgIpc) is 3.71. The molecule has 2 unspecified atom stereocenters. The van der Waals surface area contributed by atoms with Gasteiger partial charge in [-0.3, -0.25) is 9.59 Å². The lowest BCUT2D eigenvalue weighted by molar-refractivity contribution is 0.0991. The van der Waals surface area contributed by atoms with Crippen molar-refractivity contribution < 1.29 is 9.59 Å². The van der Waals surface area contributed by atoms with Crippen LogP contribution in [0.25, 0.3) is 17.2 Å². The molecule has 0 amide bonds. The minimum atomic E-state index is -0.137. The summed E-state index contributed by atoms with van der Waals surface area (Å²) in [5, 5.41) is 0. The van der Waals surface area contributed by atoms with E-state index in [2.05, 4.69) is 79.4 Å². The van der Waals surface area contributed by atoms with Crippen molar-refractivity contribution >= 4 is 40.4 Å². The van der Waals surface area contributed by atoms with Crippen LogP contribution in [0.1, 0.15) is 86.2 Å². The summed E-state index contributed by atoms with van der Waals surface area (Å²) in [6.45, 7) is 6.62. The molecule has 1 aromatic heterocycles. The van der Waals surface area contributed by atoms with Gasteiger partial charge in [0, 0.05) is 39.2 Å². The first-order valence-corrected chi connectivity index (χ1v) is 14.7.